The summed E-state index contributed by atoms with van der Waals surface area (Å²) in [5.41, 5.74) is -4.39. The number of halogens is 3. The second-order valence-electron chi connectivity index (χ2n) is 5.98. The van der Waals surface area contributed by atoms with E-state index in [0.29, 0.717) is 0 Å². The molecule has 0 saturated heterocycles. The molecule has 0 fully saturated rings. The van der Waals surface area contributed by atoms with Gasteiger partial charge < -0.3 is 9.47 Å². The van der Waals surface area contributed by atoms with E-state index in [4.69, 9.17) is 4.74 Å². The molecule has 0 radical (unpaired) electrons. The molecule has 1 amide bonds. The third-order valence-electron chi connectivity index (χ3n) is 2.77. The maximum atomic E-state index is 13.6. The van der Waals surface area contributed by atoms with Crippen LogP contribution in [0.15, 0.2) is 30.3 Å². The molecule has 0 aliphatic heterocycles. The Balaban J connectivity index is 3.37. The number of methoxy groups -OCH3 is 1. The number of nitrogens with one attached hydrogen (secondary N) is 1. The summed E-state index contributed by atoms with van der Waals surface area (Å²) in [6.07, 6.45) is -6.68. The Morgan fingerprint density at radius 2 is 1.64 bits per heavy atom. The molecule has 25 heavy (non-hydrogen) atoms. The number of esters is 1. The maximum absolute atomic E-state index is 13.6. The van der Waals surface area contributed by atoms with E-state index in [9.17, 15) is 22.8 Å². The topological polar surface area (TPSA) is 64.6 Å². The fourth-order valence-electron chi connectivity index (χ4n) is 1.69. The van der Waals surface area contributed by atoms with Gasteiger partial charge in [0.05, 0.1) is 7.11 Å². The molecular weight excluding hydrogens is 339 g/mol. The zero-order valence-electron chi connectivity index (χ0n) is 14.2. The molecule has 0 heterocycles. The normalized spacial score (nSPS) is 13.7. The summed E-state index contributed by atoms with van der Waals surface area (Å²) in [4.78, 5) is 23.7. The first kappa shape index (κ1) is 20.4. The summed E-state index contributed by atoms with van der Waals surface area (Å²) in [7, 11) is 0.768. The lowest BCUT2D eigenvalue weighted by Crippen LogP contribution is -2.64. The van der Waals surface area contributed by atoms with Crippen LogP contribution in [0.1, 0.15) is 26.3 Å². The molecule has 0 saturated carbocycles. The summed E-state index contributed by atoms with van der Waals surface area (Å²) in [5, 5.41) is 1.51. The minimum atomic E-state index is -5.24. The van der Waals surface area contributed by atoms with Gasteiger partial charge in [-0.15, -0.1) is 0 Å². The number of alkyl halides is 3. The van der Waals surface area contributed by atoms with Crippen LogP contribution in [-0.2, 0) is 14.3 Å². The highest BCUT2D eigenvalue weighted by atomic mass is 19.4. The van der Waals surface area contributed by atoms with Gasteiger partial charge in [0, 0.05) is 5.56 Å². The SMILES string of the molecule is COC(=O)C(C#Cc1ccccc1)(NC(=O)OC(C)(C)C)C(F)(F)F. The second-order valence-corrected chi connectivity index (χ2v) is 5.98. The summed E-state index contributed by atoms with van der Waals surface area (Å²) in [6, 6.07) is 7.71. The molecule has 1 aromatic rings. The minimum absolute atomic E-state index is 0.228. The lowest BCUT2D eigenvalue weighted by molar-refractivity contribution is -0.197. The lowest BCUT2D eigenvalue weighted by atomic mass is 9.99. The van der Waals surface area contributed by atoms with Gasteiger partial charge in [0.2, 0.25) is 0 Å². The van der Waals surface area contributed by atoms with E-state index in [0.717, 1.165) is 7.11 Å². The van der Waals surface area contributed by atoms with Gasteiger partial charge in [-0.25, -0.2) is 9.59 Å². The second kappa shape index (κ2) is 7.47. The average molecular weight is 357 g/mol. The Morgan fingerprint density at radius 3 is 2.08 bits per heavy atom. The van der Waals surface area contributed by atoms with Gasteiger partial charge in [-0.3, -0.25) is 5.32 Å². The van der Waals surface area contributed by atoms with E-state index in [-0.39, 0.29) is 5.56 Å². The molecule has 5 nitrogen and oxygen atoms in total. The quantitative estimate of drug-likeness (QED) is 0.653. The summed E-state index contributed by atoms with van der Waals surface area (Å²) < 4.78 is 49.9. The first-order chi connectivity index (χ1) is 11.4. The van der Waals surface area contributed by atoms with Crippen molar-refractivity contribution in [2.75, 3.05) is 7.11 Å². The van der Waals surface area contributed by atoms with Crippen LogP contribution in [0.3, 0.4) is 0 Å². The molecule has 1 N–H and O–H groups in total. The Hall–Kier alpha value is -2.69. The van der Waals surface area contributed by atoms with Crippen molar-refractivity contribution in [2.45, 2.75) is 38.1 Å². The number of rotatable bonds is 2. The number of carbonyl (C=O) groups is 2. The summed E-state index contributed by atoms with van der Waals surface area (Å²) in [6.45, 7) is 4.40. The molecular formula is C17H18F3NO4. The van der Waals surface area contributed by atoms with Crippen LogP contribution in [0.25, 0.3) is 0 Å². The number of amides is 1. The van der Waals surface area contributed by atoms with Gasteiger partial charge in [-0.1, -0.05) is 24.1 Å². The first-order valence-corrected chi connectivity index (χ1v) is 7.16. The zero-order valence-corrected chi connectivity index (χ0v) is 14.2. The Labute approximate surface area is 143 Å². The Morgan fingerprint density at radius 1 is 1.08 bits per heavy atom. The Bertz CT molecular complexity index is 684. The van der Waals surface area contributed by atoms with Crippen LogP contribution in [-0.4, -0.2) is 36.5 Å². The zero-order chi connectivity index (χ0) is 19.3. The van der Waals surface area contributed by atoms with Gasteiger partial charge in [0.15, 0.2) is 0 Å². The molecule has 8 heteroatoms. The highest BCUT2D eigenvalue weighted by Gasteiger charge is 2.63. The number of benzene rings is 1. The van der Waals surface area contributed by atoms with Crippen LogP contribution in [0.5, 0.6) is 0 Å². The predicted octanol–water partition coefficient (Wildman–Crippen LogP) is 3.04. The van der Waals surface area contributed by atoms with Crippen molar-refractivity contribution < 1.29 is 32.2 Å². The smallest absolute Gasteiger partial charge is 0.434 e. The highest BCUT2D eigenvalue weighted by molar-refractivity contribution is 5.91. The van der Waals surface area contributed by atoms with Gasteiger partial charge in [0.1, 0.15) is 5.60 Å². The summed E-state index contributed by atoms with van der Waals surface area (Å²) >= 11 is 0. The molecule has 1 atom stereocenters. The number of alkyl carbamates (subject to hydrolysis) is 1. The monoisotopic (exact) mass is 357 g/mol. The van der Waals surface area contributed by atoms with Gasteiger partial charge in [-0.2, -0.15) is 13.2 Å². The van der Waals surface area contributed by atoms with Crippen molar-refractivity contribution in [3.8, 4) is 11.8 Å². The predicted molar refractivity (Wildman–Crippen MR) is 83.5 cm³/mol. The van der Waals surface area contributed by atoms with E-state index < -0.39 is 29.4 Å². The van der Waals surface area contributed by atoms with Crippen molar-refractivity contribution in [3.05, 3.63) is 35.9 Å². The molecule has 0 spiro atoms. The molecule has 0 bridgehead atoms. The average Bonchev–Trinajstić information content (AvgIpc) is 2.48. The van der Waals surface area contributed by atoms with Crippen LogP contribution in [0.4, 0.5) is 18.0 Å². The van der Waals surface area contributed by atoms with Crippen molar-refractivity contribution in [3.63, 3.8) is 0 Å². The number of hydrogen-bond donors (Lipinski definition) is 1. The van der Waals surface area contributed by atoms with E-state index >= 15 is 0 Å². The van der Waals surface area contributed by atoms with E-state index in [1.54, 1.807) is 24.1 Å². The van der Waals surface area contributed by atoms with Gasteiger partial charge in [0.25, 0.3) is 5.54 Å². The highest BCUT2D eigenvalue weighted by Crippen LogP contribution is 2.32. The molecule has 1 rings (SSSR count). The molecule has 1 unspecified atom stereocenters. The van der Waals surface area contributed by atoms with E-state index in [2.05, 4.69) is 10.7 Å². The van der Waals surface area contributed by atoms with Crippen molar-refractivity contribution >= 4 is 12.1 Å². The van der Waals surface area contributed by atoms with Crippen molar-refractivity contribution in [1.82, 2.24) is 5.32 Å². The number of carbonyl (C=O) groups excluding carboxylic acids is 2. The fourth-order valence-corrected chi connectivity index (χ4v) is 1.69. The molecule has 0 aromatic heterocycles. The lowest BCUT2D eigenvalue weighted by Gasteiger charge is -2.30. The van der Waals surface area contributed by atoms with Crippen molar-refractivity contribution in [2.24, 2.45) is 0 Å². The number of ether oxygens (including phenoxy) is 2. The van der Waals surface area contributed by atoms with Crippen molar-refractivity contribution in [1.29, 1.82) is 0 Å². The van der Waals surface area contributed by atoms with Gasteiger partial charge in [-0.05, 0) is 38.8 Å². The molecule has 0 aliphatic carbocycles. The molecule has 0 aliphatic rings. The van der Waals surface area contributed by atoms with E-state index in [1.807, 2.05) is 0 Å². The third-order valence-corrected chi connectivity index (χ3v) is 2.77. The van der Waals surface area contributed by atoms with E-state index in [1.165, 1.54) is 38.2 Å². The largest absolute Gasteiger partial charge is 0.466 e. The summed E-state index contributed by atoms with van der Waals surface area (Å²) in [5.74, 6) is 2.26. The third kappa shape index (κ3) is 5.41. The minimum Gasteiger partial charge on any atom is -0.466 e. The molecule has 136 valence electrons. The molecule has 1 aromatic carbocycles. The van der Waals surface area contributed by atoms with Crippen LogP contribution >= 0.6 is 0 Å². The van der Waals surface area contributed by atoms with Crippen LogP contribution in [0, 0.1) is 11.8 Å². The number of hydrogen-bond acceptors (Lipinski definition) is 4. The fraction of sp³-hybridized carbons (Fsp3) is 0.412. The van der Waals surface area contributed by atoms with Gasteiger partial charge >= 0.3 is 18.2 Å². The van der Waals surface area contributed by atoms with Crippen LogP contribution in [0.2, 0.25) is 0 Å². The standard InChI is InChI=1S/C17H18F3NO4/c1-15(2,3)25-14(23)21-16(13(22)24-4,17(18,19)20)11-10-12-8-6-5-7-9-12/h5-9H,1-4H3,(H,21,23). The van der Waals surface area contributed by atoms with Crippen LogP contribution < -0.4 is 5.32 Å². The first-order valence-electron chi connectivity index (χ1n) is 7.16. The Kier molecular flexibility index (Phi) is 6.08. The maximum Gasteiger partial charge on any atom is 0.434 e.